The molecule has 3 heterocycles. The molecule has 0 aliphatic heterocycles. The summed E-state index contributed by atoms with van der Waals surface area (Å²) in [5, 5.41) is 13.6. The number of halogens is 2. The lowest BCUT2D eigenvalue weighted by Gasteiger charge is -2.12. The van der Waals surface area contributed by atoms with Crippen molar-refractivity contribution in [3.8, 4) is 11.1 Å². The van der Waals surface area contributed by atoms with E-state index in [1.165, 1.54) is 6.20 Å². The molecule has 10 heteroatoms. The van der Waals surface area contributed by atoms with Crippen molar-refractivity contribution in [3.63, 3.8) is 0 Å². The number of hydrogen-bond acceptors (Lipinski definition) is 5. The van der Waals surface area contributed by atoms with Gasteiger partial charge in [-0.2, -0.15) is 5.10 Å². The maximum Gasteiger partial charge on any atom is 0.276 e. The van der Waals surface area contributed by atoms with E-state index in [1.54, 1.807) is 24.5 Å². The first-order chi connectivity index (χ1) is 19.3. The largest absolute Gasteiger partial charge is 0.348 e. The number of H-pyrrole nitrogens is 1. The zero-order chi connectivity index (χ0) is 27.7. The molecule has 2 aliphatic rings. The fraction of sp³-hybridized carbons (Fsp3) is 0.367. The molecule has 4 aromatic rings. The van der Waals surface area contributed by atoms with Crippen LogP contribution in [-0.4, -0.2) is 43.9 Å². The lowest BCUT2D eigenvalue weighted by molar-refractivity contribution is 0.00507. The number of aromatic amines is 1. The van der Waals surface area contributed by atoms with Crippen molar-refractivity contribution < 1.29 is 18.4 Å². The van der Waals surface area contributed by atoms with Crippen LogP contribution in [-0.2, 0) is 6.42 Å². The van der Waals surface area contributed by atoms with E-state index in [0.29, 0.717) is 35.1 Å². The van der Waals surface area contributed by atoms with E-state index in [0.717, 1.165) is 42.4 Å². The number of aromatic nitrogens is 4. The van der Waals surface area contributed by atoms with Crippen LogP contribution in [0.15, 0.2) is 55.0 Å². The first-order valence-electron chi connectivity index (χ1n) is 13.7. The third kappa shape index (κ3) is 5.71. The van der Waals surface area contributed by atoms with E-state index >= 15 is 0 Å². The Hall–Kier alpha value is -4.21. The Morgan fingerprint density at radius 1 is 0.975 bits per heavy atom. The summed E-state index contributed by atoms with van der Waals surface area (Å²) in [5.74, 6) is -3.25. The third-order valence-electron chi connectivity index (χ3n) is 7.88. The number of carbonyl (C=O) groups excluding carboxylic acids is 2. The van der Waals surface area contributed by atoms with Gasteiger partial charge in [0.15, 0.2) is 5.69 Å². The minimum absolute atomic E-state index is 0.0519. The predicted molar refractivity (Wildman–Crippen MR) is 147 cm³/mol. The van der Waals surface area contributed by atoms with Crippen LogP contribution in [0, 0.1) is 5.92 Å². The highest BCUT2D eigenvalue weighted by atomic mass is 19.3. The first-order valence-corrected chi connectivity index (χ1v) is 13.7. The molecule has 2 aliphatic carbocycles. The van der Waals surface area contributed by atoms with Crippen LogP contribution in [0.25, 0.3) is 22.0 Å². The smallest absolute Gasteiger partial charge is 0.276 e. The van der Waals surface area contributed by atoms with Gasteiger partial charge in [0.1, 0.15) is 5.69 Å². The van der Waals surface area contributed by atoms with Gasteiger partial charge in [0.2, 0.25) is 5.92 Å². The summed E-state index contributed by atoms with van der Waals surface area (Å²) < 4.78 is 27.3. The number of hydrogen-bond donors (Lipinski definition) is 3. The standard InChI is InChI=1S/C30H30F2N6O2/c31-30(32)10-9-18(14-30)11-19-12-21(16-33-15-19)20-5-7-25-24(13-20)27(38-37-25)29(40)36-23-6-8-26(34-17-23)28(39)35-22-3-1-2-4-22/h5-8,12-13,15-18,22H,1-4,9-11,14H2,(H,35,39)(H,36,40)(H,37,38). The fourth-order valence-electron chi connectivity index (χ4n) is 5.79. The van der Waals surface area contributed by atoms with Crippen LogP contribution < -0.4 is 10.6 Å². The molecule has 40 heavy (non-hydrogen) atoms. The highest BCUT2D eigenvalue weighted by Crippen LogP contribution is 2.40. The second-order valence-corrected chi connectivity index (χ2v) is 10.9. The lowest BCUT2D eigenvalue weighted by Crippen LogP contribution is -2.33. The summed E-state index contributed by atoms with van der Waals surface area (Å²) >= 11 is 0. The molecule has 3 aromatic heterocycles. The van der Waals surface area contributed by atoms with Crippen LogP contribution in [0.5, 0.6) is 0 Å². The minimum Gasteiger partial charge on any atom is -0.348 e. The molecule has 1 atom stereocenters. The molecular weight excluding hydrogens is 514 g/mol. The number of benzene rings is 1. The molecule has 1 aromatic carbocycles. The summed E-state index contributed by atoms with van der Waals surface area (Å²) in [5.41, 5.74) is 4.26. The summed E-state index contributed by atoms with van der Waals surface area (Å²) in [4.78, 5) is 34.1. The number of nitrogens with zero attached hydrogens (tertiary/aromatic N) is 3. The van der Waals surface area contributed by atoms with E-state index < -0.39 is 11.8 Å². The van der Waals surface area contributed by atoms with Gasteiger partial charge < -0.3 is 10.6 Å². The van der Waals surface area contributed by atoms with E-state index in [-0.39, 0.29) is 36.4 Å². The van der Waals surface area contributed by atoms with Crippen molar-refractivity contribution >= 4 is 28.4 Å². The van der Waals surface area contributed by atoms with Crippen molar-refractivity contribution in [2.24, 2.45) is 5.92 Å². The topological polar surface area (TPSA) is 113 Å². The molecule has 1 unspecified atom stereocenters. The van der Waals surface area contributed by atoms with Gasteiger partial charge >= 0.3 is 0 Å². The fourth-order valence-corrected chi connectivity index (χ4v) is 5.79. The van der Waals surface area contributed by atoms with Crippen molar-refractivity contribution in [2.45, 2.75) is 63.3 Å². The Labute approximate surface area is 230 Å². The van der Waals surface area contributed by atoms with E-state index in [2.05, 4.69) is 30.8 Å². The zero-order valence-electron chi connectivity index (χ0n) is 21.9. The lowest BCUT2D eigenvalue weighted by atomic mass is 9.96. The Kier molecular flexibility index (Phi) is 7.00. The summed E-state index contributed by atoms with van der Waals surface area (Å²) in [6.45, 7) is 0. The molecule has 2 amide bonds. The van der Waals surface area contributed by atoms with Crippen LogP contribution in [0.4, 0.5) is 14.5 Å². The summed E-state index contributed by atoms with van der Waals surface area (Å²) in [6.07, 6.45) is 10.1. The maximum absolute atomic E-state index is 13.6. The Morgan fingerprint density at radius 3 is 2.58 bits per heavy atom. The molecule has 6 rings (SSSR count). The van der Waals surface area contributed by atoms with Crippen molar-refractivity contribution in [1.82, 2.24) is 25.5 Å². The van der Waals surface area contributed by atoms with Crippen LogP contribution in [0.1, 0.15) is 71.5 Å². The monoisotopic (exact) mass is 544 g/mol. The molecule has 0 radical (unpaired) electrons. The molecule has 0 saturated heterocycles. The Morgan fingerprint density at radius 2 is 1.82 bits per heavy atom. The van der Waals surface area contributed by atoms with Gasteiger partial charge in [0.05, 0.1) is 17.4 Å². The third-order valence-corrected chi connectivity index (χ3v) is 7.88. The second-order valence-electron chi connectivity index (χ2n) is 10.9. The van der Waals surface area contributed by atoms with Gasteiger partial charge in [0.25, 0.3) is 11.8 Å². The van der Waals surface area contributed by atoms with Gasteiger partial charge in [-0.3, -0.25) is 19.7 Å². The van der Waals surface area contributed by atoms with E-state index in [1.807, 2.05) is 24.3 Å². The van der Waals surface area contributed by atoms with Crippen LogP contribution in [0.2, 0.25) is 0 Å². The molecule has 2 saturated carbocycles. The number of fused-ring (bicyclic) bond motifs is 1. The molecular formula is C30H30F2N6O2. The average Bonchev–Trinajstić information content (AvgIpc) is 3.69. The first kappa shape index (κ1) is 26.0. The van der Waals surface area contributed by atoms with Crippen LogP contribution >= 0.6 is 0 Å². The summed E-state index contributed by atoms with van der Waals surface area (Å²) in [6, 6.07) is 11.0. The normalized spacial score (nSPS) is 18.7. The van der Waals surface area contributed by atoms with E-state index in [9.17, 15) is 18.4 Å². The molecule has 8 nitrogen and oxygen atoms in total. The number of pyridine rings is 2. The molecule has 2 fully saturated rings. The maximum atomic E-state index is 13.6. The van der Waals surface area contributed by atoms with Gasteiger partial charge in [-0.1, -0.05) is 18.9 Å². The van der Waals surface area contributed by atoms with Gasteiger partial charge in [0, 0.05) is 42.2 Å². The Bertz CT molecular complexity index is 1550. The molecule has 3 N–H and O–H groups in total. The van der Waals surface area contributed by atoms with Gasteiger partial charge in [-0.05, 0) is 73.1 Å². The van der Waals surface area contributed by atoms with Crippen molar-refractivity contribution in [1.29, 1.82) is 0 Å². The number of amides is 2. The average molecular weight is 545 g/mol. The second kappa shape index (κ2) is 10.7. The van der Waals surface area contributed by atoms with Crippen molar-refractivity contribution in [3.05, 3.63) is 71.9 Å². The summed E-state index contributed by atoms with van der Waals surface area (Å²) in [7, 11) is 0. The minimum atomic E-state index is -2.57. The number of anilines is 1. The number of rotatable bonds is 7. The number of nitrogens with one attached hydrogen (secondary N) is 3. The Balaban J connectivity index is 1.16. The van der Waals surface area contributed by atoms with Gasteiger partial charge in [-0.15, -0.1) is 0 Å². The molecule has 0 spiro atoms. The van der Waals surface area contributed by atoms with Gasteiger partial charge in [-0.25, -0.2) is 13.8 Å². The highest BCUT2D eigenvalue weighted by molar-refractivity contribution is 6.11. The number of alkyl halides is 2. The SMILES string of the molecule is O=C(NC1CCCC1)c1ccc(NC(=O)c2n[nH]c3ccc(-c4cncc(CC5CCC(F)(F)C5)c4)cc23)cn1. The van der Waals surface area contributed by atoms with E-state index in [4.69, 9.17) is 0 Å². The quantitative estimate of drug-likeness (QED) is 0.267. The zero-order valence-corrected chi connectivity index (χ0v) is 21.9. The predicted octanol–water partition coefficient (Wildman–Crippen LogP) is 5.92. The van der Waals surface area contributed by atoms with Crippen LogP contribution in [0.3, 0.4) is 0 Å². The molecule has 206 valence electrons. The van der Waals surface area contributed by atoms with Crippen molar-refractivity contribution in [2.75, 3.05) is 5.32 Å². The molecule has 0 bridgehead atoms. The number of carbonyl (C=O) groups is 2. The highest BCUT2D eigenvalue weighted by Gasteiger charge is 2.39.